The van der Waals surface area contributed by atoms with Crippen molar-refractivity contribution in [3.05, 3.63) is 0 Å². The van der Waals surface area contributed by atoms with E-state index in [1.54, 1.807) is 0 Å². The average Bonchev–Trinajstić information content (AvgIpc) is 2.64. The van der Waals surface area contributed by atoms with Gasteiger partial charge in [-0.1, -0.05) is 77.6 Å². The first kappa shape index (κ1) is 20.3. The molecule has 0 amide bonds. The van der Waals surface area contributed by atoms with Crippen LogP contribution in [0, 0.1) is 17.8 Å². The van der Waals surface area contributed by atoms with Crippen molar-refractivity contribution in [2.75, 3.05) is 7.11 Å². The molecule has 0 aliphatic heterocycles. The standard InChI is InChI=1S/C23H44O/c1-3-4-5-6-7-8-9-10-11-20-12-14-21(15-13-20)22-16-18-23(24-2)19-17-22/h20-23H,3-19H2,1-2H3/t20-,21-,22-,23-. The van der Waals surface area contributed by atoms with E-state index in [4.69, 9.17) is 4.74 Å². The molecule has 0 heterocycles. The molecule has 2 aliphatic rings. The fourth-order valence-corrected chi connectivity index (χ4v) is 5.31. The Morgan fingerprint density at radius 2 is 1.12 bits per heavy atom. The maximum Gasteiger partial charge on any atom is 0.0571 e. The van der Waals surface area contributed by atoms with E-state index >= 15 is 0 Å². The van der Waals surface area contributed by atoms with Gasteiger partial charge in [-0.2, -0.15) is 0 Å². The van der Waals surface area contributed by atoms with Gasteiger partial charge >= 0.3 is 0 Å². The number of ether oxygens (including phenoxy) is 1. The summed E-state index contributed by atoms with van der Waals surface area (Å²) in [6, 6.07) is 0. The average molecular weight is 337 g/mol. The molecule has 0 N–H and O–H groups in total. The molecule has 0 spiro atoms. The molecule has 142 valence electrons. The molecule has 0 aromatic carbocycles. The molecule has 2 fully saturated rings. The zero-order valence-corrected chi connectivity index (χ0v) is 16.7. The molecular formula is C23H44O. The summed E-state index contributed by atoms with van der Waals surface area (Å²) in [4.78, 5) is 0. The van der Waals surface area contributed by atoms with Gasteiger partial charge in [-0.25, -0.2) is 0 Å². The van der Waals surface area contributed by atoms with E-state index < -0.39 is 0 Å². The summed E-state index contributed by atoms with van der Waals surface area (Å²) in [6.45, 7) is 2.30. The summed E-state index contributed by atoms with van der Waals surface area (Å²) >= 11 is 0. The Bertz CT molecular complexity index is 284. The van der Waals surface area contributed by atoms with Crippen LogP contribution < -0.4 is 0 Å². The molecule has 24 heavy (non-hydrogen) atoms. The predicted octanol–water partition coefficient (Wildman–Crippen LogP) is 7.53. The van der Waals surface area contributed by atoms with Gasteiger partial charge in [0.15, 0.2) is 0 Å². The van der Waals surface area contributed by atoms with Gasteiger partial charge in [0.25, 0.3) is 0 Å². The highest BCUT2D eigenvalue weighted by molar-refractivity contribution is 4.82. The van der Waals surface area contributed by atoms with Crippen molar-refractivity contribution in [2.45, 2.75) is 122 Å². The maximum absolute atomic E-state index is 5.54. The first-order chi connectivity index (χ1) is 11.8. The van der Waals surface area contributed by atoms with E-state index in [1.807, 2.05) is 7.11 Å². The van der Waals surface area contributed by atoms with Crippen molar-refractivity contribution in [3.63, 3.8) is 0 Å². The van der Waals surface area contributed by atoms with E-state index in [-0.39, 0.29) is 0 Å². The van der Waals surface area contributed by atoms with Crippen LogP contribution in [0.15, 0.2) is 0 Å². The molecule has 2 rings (SSSR count). The molecule has 2 aliphatic carbocycles. The monoisotopic (exact) mass is 336 g/mol. The summed E-state index contributed by atoms with van der Waals surface area (Å²) in [6.07, 6.45) is 25.5. The molecule has 0 atom stereocenters. The summed E-state index contributed by atoms with van der Waals surface area (Å²) < 4.78 is 5.54. The van der Waals surface area contributed by atoms with Crippen LogP contribution in [0.3, 0.4) is 0 Å². The number of methoxy groups -OCH3 is 1. The van der Waals surface area contributed by atoms with Crippen LogP contribution in [-0.4, -0.2) is 13.2 Å². The minimum atomic E-state index is 0.569. The Morgan fingerprint density at radius 3 is 1.67 bits per heavy atom. The highest BCUT2D eigenvalue weighted by Gasteiger charge is 2.30. The minimum Gasteiger partial charge on any atom is -0.381 e. The minimum absolute atomic E-state index is 0.569. The van der Waals surface area contributed by atoms with Crippen molar-refractivity contribution in [3.8, 4) is 0 Å². The highest BCUT2D eigenvalue weighted by Crippen LogP contribution is 2.41. The van der Waals surface area contributed by atoms with Crippen molar-refractivity contribution in [1.82, 2.24) is 0 Å². The maximum atomic E-state index is 5.54. The van der Waals surface area contributed by atoms with Gasteiger partial charge in [-0.05, 0) is 56.3 Å². The predicted molar refractivity (Wildman–Crippen MR) is 105 cm³/mol. The van der Waals surface area contributed by atoms with Crippen molar-refractivity contribution in [2.24, 2.45) is 17.8 Å². The van der Waals surface area contributed by atoms with Crippen LogP contribution >= 0.6 is 0 Å². The molecule has 1 heteroatoms. The van der Waals surface area contributed by atoms with Crippen LogP contribution in [0.4, 0.5) is 0 Å². The fourth-order valence-electron chi connectivity index (χ4n) is 5.31. The summed E-state index contributed by atoms with van der Waals surface area (Å²) in [5.41, 5.74) is 0. The lowest BCUT2D eigenvalue weighted by Crippen LogP contribution is -2.28. The van der Waals surface area contributed by atoms with Gasteiger partial charge < -0.3 is 4.74 Å². The number of hydrogen-bond acceptors (Lipinski definition) is 1. The highest BCUT2D eigenvalue weighted by atomic mass is 16.5. The smallest absolute Gasteiger partial charge is 0.0571 e. The van der Waals surface area contributed by atoms with E-state index in [2.05, 4.69) is 6.92 Å². The van der Waals surface area contributed by atoms with E-state index in [9.17, 15) is 0 Å². The summed E-state index contributed by atoms with van der Waals surface area (Å²) in [5.74, 6) is 3.15. The molecule has 0 radical (unpaired) electrons. The quantitative estimate of drug-likeness (QED) is 0.354. The summed E-state index contributed by atoms with van der Waals surface area (Å²) in [5, 5.41) is 0. The number of rotatable bonds is 11. The lowest BCUT2D eigenvalue weighted by molar-refractivity contribution is 0.0391. The SMILES string of the molecule is CCCCCCCCCC[C@H]1CC[C@H]([C@H]2CC[C@H](OC)CC2)CC1. The second-order valence-electron chi connectivity index (χ2n) is 8.82. The lowest BCUT2D eigenvalue weighted by atomic mass is 9.70. The zero-order valence-electron chi connectivity index (χ0n) is 16.7. The molecule has 0 saturated heterocycles. The fraction of sp³-hybridized carbons (Fsp3) is 1.00. The van der Waals surface area contributed by atoms with Crippen LogP contribution in [0.25, 0.3) is 0 Å². The van der Waals surface area contributed by atoms with Crippen LogP contribution in [-0.2, 0) is 4.74 Å². The normalized spacial score (nSPS) is 31.2. The molecule has 0 aromatic heterocycles. The van der Waals surface area contributed by atoms with Gasteiger partial charge in [-0.15, -0.1) is 0 Å². The van der Waals surface area contributed by atoms with Gasteiger partial charge in [0.05, 0.1) is 6.10 Å². The van der Waals surface area contributed by atoms with Crippen LogP contribution in [0.5, 0.6) is 0 Å². The Labute approximate surface area is 152 Å². The Kier molecular flexibility index (Phi) is 10.4. The van der Waals surface area contributed by atoms with Crippen LogP contribution in [0.2, 0.25) is 0 Å². The van der Waals surface area contributed by atoms with Gasteiger partial charge in [0.1, 0.15) is 0 Å². The molecule has 0 bridgehead atoms. The summed E-state index contributed by atoms with van der Waals surface area (Å²) in [7, 11) is 1.89. The molecular weight excluding hydrogens is 292 g/mol. The van der Waals surface area contributed by atoms with E-state index in [0.29, 0.717) is 6.10 Å². The van der Waals surface area contributed by atoms with Crippen molar-refractivity contribution < 1.29 is 4.74 Å². The van der Waals surface area contributed by atoms with Crippen molar-refractivity contribution >= 4 is 0 Å². The Morgan fingerprint density at radius 1 is 0.625 bits per heavy atom. The van der Waals surface area contributed by atoms with E-state index in [1.165, 1.54) is 109 Å². The topological polar surface area (TPSA) is 9.23 Å². The van der Waals surface area contributed by atoms with Gasteiger partial charge in [0.2, 0.25) is 0 Å². The number of hydrogen-bond donors (Lipinski definition) is 0. The first-order valence-corrected chi connectivity index (χ1v) is 11.4. The lowest BCUT2D eigenvalue weighted by Gasteiger charge is -2.37. The van der Waals surface area contributed by atoms with Crippen molar-refractivity contribution in [1.29, 1.82) is 0 Å². The third kappa shape index (κ3) is 7.46. The van der Waals surface area contributed by atoms with Gasteiger partial charge in [-0.3, -0.25) is 0 Å². The molecule has 0 aromatic rings. The third-order valence-corrected chi connectivity index (χ3v) is 7.08. The second-order valence-corrected chi connectivity index (χ2v) is 8.82. The molecule has 1 nitrogen and oxygen atoms in total. The first-order valence-electron chi connectivity index (χ1n) is 11.4. The molecule has 0 unspecified atom stereocenters. The Balaban J connectivity index is 1.46. The third-order valence-electron chi connectivity index (χ3n) is 7.08. The zero-order chi connectivity index (χ0) is 17.0. The Hall–Kier alpha value is -0.0400. The molecule has 2 saturated carbocycles. The second kappa shape index (κ2) is 12.3. The largest absolute Gasteiger partial charge is 0.381 e. The van der Waals surface area contributed by atoms with E-state index in [0.717, 1.165) is 17.8 Å². The van der Waals surface area contributed by atoms with Crippen LogP contribution in [0.1, 0.15) is 116 Å². The number of unbranched alkanes of at least 4 members (excludes halogenated alkanes) is 7. The van der Waals surface area contributed by atoms with Gasteiger partial charge in [0, 0.05) is 7.11 Å².